The molecule has 1 aliphatic rings. The molecule has 1 aromatic heterocycles. The molecule has 0 saturated heterocycles. The molecule has 2 amide bonds. The van der Waals surface area contributed by atoms with Gasteiger partial charge in [0.05, 0.1) is 5.92 Å². The minimum absolute atomic E-state index is 0.210. The van der Waals surface area contributed by atoms with Gasteiger partial charge in [0.25, 0.3) is 0 Å². The Labute approximate surface area is 121 Å². The van der Waals surface area contributed by atoms with Crippen LogP contribution >= 0.6 is 11.3 Å². The zero-order valence-corrected chi connectivity index (χ0v) is 12.2. The molecule has 0 bridgehead atoms. The quantitative estimate of drug-likeness (QED) is 0.796. The fraction of sp³-hybridized carbons (Fsp3) is 0.615. The fourth-order valence-corrected chi connectivity index (χ4v) is 3.06. The molecule has 0 aromatic carbocycles. The van der Waals surface area contributed by atoms with E-state index in [1.807, 2.05) is 6.92 Å². The lowest BCUT2D eigenvalue weighted by Gasteiger charge is -2.26. The molecule has 20 heavy (non-hydrogen) atoms. The highest BCUT2D eigenvalue weighted by atomic mass is 32.1. The lowest BCUT2D eigenvalue weighted by atomic mass is 9.82. The summed E-state index contributed by atoms with van der Waals surface area (Å²) in [7, 11) is 0. The molecule has 3 N–H and O–H groups in total. The van der Waals surface area contributed by atoms with E-state index in [1.54, 1.807) is 6.20 Å². The first-order chi connectivity index (χ1) is 9.54. The van der Waals surface area contributed by atoms with E-state index < -0.39 is 5.97 Å². The van der Waals surface area contributed by atoms with Crippen LogP contribution in [0.4, 0.5) is 9.93 Å². The predicted molar refractivity (Wildman–Crippen MR) is 77.0 cm³/mol. The molecular weight excluding hydrogens is 278 g/mol. The van der Waals surface area contributed by atoms with E-state index in [2.05, 4.69) is 15.6 Å². The van der Waals surface area contributed by atoms with Gasteiger partial charge in [-0.15, -0.1) is 11.3 Å². The summed E-state index contributed by atoms with van der Waals surface area (Å²) in [5, 5.41) is 15.0. The molecule has 110 valence electrons. The van der Waals surface area contributed by atoms with Gasteiger partial charge in [-0.2, -0.15) is 0 Å². The number of amides is 2. The molecule has 1 aliphatic carbocycles. The predicted octanol–water partition coefficient (Wildman–Crippen LogP) is 2.46. The Bertz CT molecular complexity index is 481. The van der Waals surface area contributed by atoms with Crippen LogP contribution in [0.5, 0.6) is 0 Å². The third-order valence-electron chi connectivity index (χ3n) is 3.59. The molecule has 2 rings (SSSR count). The van der Waals surface area contributed by atoms with Gasteiger partial charge in [0.2, 0.25) is 0 Å². The number of carbonyl (C=O) groups excluding carboxylic acids is 1. The molecule has 1 saturated carbocycles. The maximum Gasteiger partial charge on any atom is 0.321 e. The number of hydrogen-bond donors (Lipinski definition) is 3. The van der Waals surface area contributed by atoms with Crippen molar-refractivity contribution >= 4 is 28.5 Å². The van der Waals surface area contributed by atoms with E-state index in [0.717, 1.165) is 17.7 Å². The van der Waals surface area contributed by atoms with Crippen LogP contribution in [0.25, 0.3) is 0 Å². The van der Waals surface area contributed by atoms with Crippen molar-refractivity contribution < 1.29 is 14.7 Å². The Hall–Kier alpha value is -1.63. The number of nitrogens with zero attached hydrogens (tertiary/aromatic N) is 1. The van der Waals surface area contributed by atoms with Gasteiger partial charge in [-0.05, 0) is 38.5 Å². The highest BCUT2D eigenvalue weighted by molar-refractivity contribution is 7.15. The summed E-state index contributed by atoms with van der Waals surface area (Å²) in [6.45, 7) is 2.52. The Kier molecular flexibility index (Phi) is 4.94. The van der Waals surface area contributed by atoms with E-state index in [9.17, 15) is 9.59 Å². The van der Waals surface area contributed by atoms with E-state index in [1.165, 1.54) is 11.3 Å². The Morgan fingerprint density at radius 3 is 2.65 bits per heavy atom. The maximum absolute atomic E-state index is 11.7. The van der Waals surface area contributed by atoms with Crippen molar-refractivity contribution in [2.75, 3.05) is 11.9 Å². The number of anilines is 1. The van der Waals surface area contributed by atoms with Gasteiger partial charge in [-0.25, -0.2) is 9.78 Å². The molecule has 1 heterocycles. The first kappa shape index (κ1) is 14.8. The van der Waals surface area contributed by atoms with Gasteiger partial charge < -0.3 is 10.4 Å². The highest BCUT2D eigenvalue weighted by Gasteiger charge is 2.25. The molecule has 0 radical (unpaired) electrons. The standard InChI is InChI=1S/C13H19N3O3S/c1-8-6-15-13(20-8)16-12(19)14-7-9-2-4-10(5-3-9)11(17)18/h6,9-10H,2-5,7H2,1H3,(H,17,18)(H2,14,15,16,19). The maximum atomic E-state index is 11.7. The number of carboxylic acid groups (broad SMARTS) is 1. The minimum atomic E-state index is -0.701. The van der Waals surface area contributed by atoms with Crippen molar-refractivity contribution in [1.82, 2.24) is 10.3 Å². The van der Waals surface area contributed by atoms with Gasteiger partial charge in [0, 0.05) is 17.6 Å². The van der Waals surface area contributed by atoms with Crippen molar-refractivity contribution in [3.8, 4) is 0 Å². The minimum Gasteiger partial charge on any atom is -0.481 e. The van der Waals surface area contributed by atoms with Crippen molar-refractivity contribution in [2.24, 2.45) is 11.8 Å². The lowest BCUT2D eigenvalue weighted by molar-refractivity contribution is -0.143. The second-order valence-electron chi connectivity index (χ2n) is 5.17. The van der Waals surface area contributed by atoms with Crippen molar-refractivity contribution in [1.29, 1.82) is 0 Å². The van der Waals surface area contributed by atoms with Crippen LogP contribution in [-0.2, 0) is 4.79 Å². The van der Waals surface area contributed by atoms with Gasteiger partial charge in [0.1, 0.15) is 0 Å². The zero-order valence-electron chi connectivity index (χ0n) is 11.4. The summed E-state index contributed by atoms with van der Waals surface area (Å²) >= 11 is 1.43. The third-order valence-corrected chi connectivity index (χ3v) is 4.42. The number of aromatic nitrogens is 1. The van der Waals surface area contributed by atoms with E-state index in [4.69, 9.17) is 5.11 Å². The molecule has 6 nitrogen and oxygen atoms in total. The molecular formula is C13H19N3O3S. The number of carboxylic acids is 1. The molecule has 1 fully saturated rings. The average Bonchev–Trinajstić information content (AvgIpc) is 2.82. The zero-order chi connectivity index (χ0) is 14.5. The van der Waals surface area contributed by atoms with E-state index in [0.29, 0.717) is 30.4 Å². The van der Waals surface area contributed by atoms with Crippen molar-refractivity contribution in [3.05, 3.63) is 11.1 Å². The molecule has 1 aromatic rings. The van der Waals surface area contributed by atoms with E-state index >= 15 is 0 Å². The summed E-state index contributed by atoms with van der Waals surface area (Å²) in [5.74, 6) is -0.541. The number of nitrogens with one attached hydrogen (secondary N) is 2. The first-order valence-corrected chi connectivity index (χ1v) is 7.56. The van der Waals surface area contributed by atoms with Crippen LogP contribution in [-0.4, -0.2) is 28.6 Å². The number of thiazole rings is 1. The molecule has 0 unspecified atom stereocenters. The van der Waals surface area contributed by atoms with Gasteiger partial charge in [-0.1, -0.05) is 0 Å². The van der Waals surface area contributed by atoms with Gasteiger partial charge in [0.15, 0.2) is 5.13 Å². The second kappa shape index (κ2) is 6.69. The molecule has 0 atom stereocenters. The SMILES string of the molecule is Cc1cnc(NC(=O)NCC2CCC(C(=O)O)CC2)s1. The molecule has 0 spiro atoms. The number of rotatable bonds is 4. The average molecular weight is 297 g/mol. The summed E-state index contributed by atoms with van der Waals surface area (Å²) in [6.07, 6.45) is 4.83. The summed E-state index contributed by atoms with van der Waals surface area (Å²) in [6, 6.07) is -0.250. The van der Waals surface area contributed by atoms with Crippen LogP contribution in [0.3, 0.4) is 0 Å². The van der Waals surface area contributed by atoms with Crippen LogP contribution < -0.4 is 10.6 Å². The van der Waals surface area contributed by atoms with Crippen molar-refractivity contribution in [3.63, 3.8) is 0 Å². The van der Waals surface area contributed by atoms with Crippen LogP contribution in [0.15, 0.2) is 6.20 Å². The largest absolute Gasteiger partial charge is 0.481 e. The van der Waals surface area contributed by atoms with Crippen LogP contribution in [0.2, 0.25) is 0 Å². The Balaban J connectivity index is 1.68. The number of aryl methyl sites for hydroxylation is 1. The number of urea groups is 1. The van der Waals surface area contributed by atoms with Crippen molar-refractivity contribution in [2.45, 2.75) is 32.6 Å². The number of aliphatic carboxylic acids is 1. The monoisotopic (exact) mass is 297 g/mol. The summed E-state index contributed by atoms with van der Waals surface area (Å²) in [5.41, 5.74) is 0. The molecule has 7 heteroatoms. The summed E-state index contributed by atoms with van der Waals surface area (Å²) in [4.78, 5) is 27.6. The number of hydrogen-bond acceptors (Lipinski definition) is 4. The number of carbonyl (C=O) groups is 2. The fourth-order valence-electron chi connectivity index (χ4n) is 2.40. The second-order valence-corrected chi connectivity index (χ2v) is 6.40. The van der Waals surface area contributed by atoms with Gasteiger partial charge >= 0.3 is 12.0 Å². The first-order valence-electron chi connectivity index (χ1n) is 6.74. The smallest absolute Gasteiger partial charge is 0.321 e. The Morgan fingerprint density at radius 2 is 2.10 bits per heavy atom. The third kappa shape index (κ3) is 4.19. The van der Waals surface area contributed by atoms with Crippen LogP contribution in [0.1, 0.15) is 30.6 Å². The summed E-state index contributed by atoms with van der Waals surface area (Å²) < 4.78 is 0. The van der Waals surface area contributed by atoms with E-state index in [-0.39, 0.29) is 11.9 Å². The van der Waals surface area contributed by atoms with Crippen LogP contribution in [0, 0.1) is 18.8 Å². The molecule has 0 aliphatic heterocycles. The lowest BCUT2D eigenvalue weighted by Crippen LogP contribution is -2.35. The highest BCUT2D eigenvalue weighted by Crippen LogP contribution is 2.28. The topological polar surface area (TPSA) is 91.3 Å². The van der Waals surface area contributed by atoms with Gasteiger partial charge in [-0.3, -0.25) is 10.1 Å². The normalized spacial score (nSPS) is 22.2. The Morgan fingerprint density at radius 1 is 1.40 bits per heavy atom.